The van der Waals surface area contributed by atoms with E-state index >= 15 is 0 Å². The summed E-state index contributed by atoms with van der Waals surface area (Å²) in [7, 11) is 0. The predicted octanol–water partition coefficient (Wildman–Crippen LogP) is 9.74. The summed E-state index contributed by atoms with van der Waals surface area (Å²) < 4.78 is 11.9. The second-order valence-corrected chi connectivity index (χ2v) is 15.7. The molecule has 2 aromatic carbocycles. The summed E-state index contributed by atoms with van der Waals surface area (Å²) in [5, 5.41) is 4.70. The Hall–Kier alpha value is -2.92. The maximum atomic E-state index is 11.6. The monoisotopic (exact) mass is 730 g/mol. The van der Waals surface area contributed by atoms with Crippen molar-refractivity contribution in [3.63, 3.8) is 0 Å². The Kier molecular flexibility index (Phi) is 13.0. The van der Waals surface area contributed by atoms with Gasteiger partial charge >= 0.3 is 0 Å². The first-order valence-electron chi connectivity index (χ1n) is 16.4. The van der Waals surface area contributed by atoms with Gasteiger partial charge in [0.15, 0.2) is 0 Å². The van der Waals surface area contributed by atoms with E-state index in [-0.39, 0.29) is 22.3 Å². The Bertz CT molecular complexity index is 1480. The number of rotatable bonds is 8. The van der Waals surface area contributed by atoms with Crippen LogP contribution in [0, 0.1) is 23.7 Å². The van der Waals surface area contributed by atoms with Gasteiger partial charge in [-0.25, -0.2) is 0 Å². The summed E-state index contributed by atoms with van der Waals surface area (Å²) in [4.78, 5) is 46.5. The molecule has 256 valence electrons. The first-order chi connectivity index (χ1) is 23.0. The highest BCUT2D eigenvalue weighted by atomic mass is 35.5. The SMILES string of the molecule is CC1CCC(COc2cccc(C=C3SC(=O)NC3=O)c2Cl)CC1.CC1CCC(COc2cccc(C=C3SC(=O)NC3=O)c2Cl)CC1. The predicted molar refractivity (Wildman–Crippen MR) is 194 cm³/mol. The lowest BCUT2D eigenvalue weighted by atomic mass is 9.83. The normalized spacial score (nSPS) is 25.8. The molecule has 6 rings (SSSR count). The molecule has 4 amide bonds. The number of ether oxygens (including phenoxy) is 2. The standard InChI is InChI=1S/2C18H20ClNO3S/c2*1-11-5-7-12(8-6-11)10-23-14-4-2-3-13(16(14)19)9-15-17(21)20-18(22)24-15/h2*2-4,9,11-12H,5-8,10H2,1H3,(H,20,21,22). The van der Waals surface area contributed by atoms with Crippen molar-refractivity contribution in [1.82, 2.24) is 10.6 Å². The van der Waals surface area contributed by atoms with Crippen molar-refractivity contribution in [3.8, 4) is 11.5 Å². The van der Waals surface area contributed by atoms with Crippen LogP contribution >= 0.6 is 46.7 Å². The molecule has 2 saturated carbocycles. The fourth-order valence-electron chi connectivity index (χ4n) is 6.03. The molecule has 0 bridgehead atoms. The largest absolute Gasteiger partial charge is 0.492 e. The van der Waals surface area contributed by atoms with Crippen LogP contribution in [0.1, 0.15) is 76.3 Å². The van der Waals surface area contributed by atoms with Gasteiger partial charge in [0.1, 0.15) is 11.5 Å². The molecule has 2 saturated heterocycles. The highest BCUT2D eigenvalue weighted by Gasteiger charge is 2.27. The van der Waals surface area contributed by atoms with E-state index in [1.807, 2.05) is 24.3 Å². The van der Waals surface area contributed by atoms with Gasteiger partial charge in [0, 0.05) is 0 Å². The Labute approximate surface area is 300 Å². The number of hydrogen-bond acceptors (Lipinski definition) is 8. The van der Waals surface area contributed by atoms with Crippen LogP contribution in [0.5, 0.6) is 11.5 Å². The minimum Gasteiger partial charge on any atom is -0.492 e. The Morgan fingerprint density at radius 1 is 0.646 bits per heavy atom. The number of amides is 4. The van der Waals surface area contributed by atoms with Crippen LogP contribution in [0.3, 0.4) is 0 Å². The lowest BCUT2D eigenvalue weighted by molar-refractivity contribution is -0.116. The van der Waals surface area contributed by atoms with Crippen molar-refractivity contribution >= 4 is 81.2 Å². The van der Waals surface area contributed by atoms with E-state index in [0.29, 0.717) is 67.5 Å². The summed E-state index contributed by atoms with van der Waals surface area (Å²) >= 11 is 14.6. The third-order valence-corrected chi connectivity index (χ3v) is 11.5. The van der Waals surface area contributed by atoms with E-state index < -0.39 is 0 Å². The van der Waals surface area contributed by atoms with Crippen LogP contribution in [0.4, 0.5) is 9.59 Å². The van der Waals surface area contributed by atoms with Gasteiger partial charge in [-0.3, -0.25) is 29.8 Å². The lowest BCUT2D eigenvalue weighted by Crippen LogP contribution is -2.18. The van der Waals surface area contributed by atoms with E-state index in [0.717, 1.165) is 35.4 Å². The zero-order valence-corrected chi connectivity index (χ0v) is 30.2. The van der Waals surface area contributed by atoms with Crippen LogP contribution < -0.4 is 20.1 Å². The van der Waals surface area contributed by atoms with Crippen molar-refractivity contribution in [3.05, 3.63) is 67.4 Å². The van der Waals surface area contributed by atoms with Crippen LogP contribution in [0.25, 0.3) is 12.2 Å². The summed E-state index contributed by atoms with van der Waals surface area (Å²) in [5.74, 6) is 3.27. The molecular weight excluding hydrogens is 691 g/mol. The van der Waals surface area contributed by atoms with E-state index in [4.69, 9.17) is 32.7 Å². The van der Waals surface area contributed by atoms with Crippen molar-refractivity contribution in [1.29, 1.82) is 0 Å². The minimum absolute atomic E-state index is 0.348. The summed E-state index contributed by atoms with van der Waals surface area (Å²) in [6.45, 7) is 5.93. The average Bonchev–Trinajstić information content (AvgIpc) is 3.56. The van der Waals surface area contributed by atoms with Crippen molar-refractivity contribution in [2.45, 2.75) is 65.2 Å². The Morgan fingerprint density at radius 3 is 1.35 bits per heavy atom. The van der Waals surface area contributed by atoms with Gasteiger partial charge in [0.05, 0.1) is 33.1 Å². The Balaban J connectivity index is 0.000000188. The number of carbonyl (C=O) groups excluding carboxylic acids is 4. The Morgan fingerprint density at radius 2 is 1.02 bits per heavy atom. The van der Waals surface area contributed by atoms with E-state index in [2.05, 4.69) is 24.5 Å². The average molecular weight is 732 g/mol. The number of nitrogens with one attached hydrogen (secondary N) is 2. The molecule has 2 aromatic rings. The van der Waals surface area contributed by atoms with Gasteiger partial charge in [-0.1, -0.05) is 87.0 Å². The molecule has 0 spiro atoms. The molecule has 2 N–H and O–H groups in total. The van der Waals surface area contributed by atoms with Crippen molar-refractivity contribution < 1.29 is 28.7 Å². The molecule has 2 aliphatic heterocycles. The number of imide groups is 2. The van der Waals surface area contributed by atoms with E-state index in [1.54, 1.807) is 24.3 Å². The zero-order chi connectivity index (χ0) is 34.2. The molecule has 2 aliphatic carbocycles. The molecule has 4 aliphatic rings. The topological polar surface area (TPSA) is 111 Å². The van der Waals surface area contributed by atoms with Gasteiger partial charge in [0.2, 0.25) is 0 Å². The molecule has 12 heteroatoms. The van der Waals surface area contributed by atoms with Gasteiger partial charge in [-0.15, -0.1) is 0 Å². The molecule has 0 aromatic heterocycles. The maximum absolute atomic E-state index is 11.6. The summed E-state index contributed by atoms with van der Waals surface area (Å²) in [6.07, 6.45) is 13.1. The summed E-state index contributed by atoms with van der Waals surface area (Å²) in [6, 6.07) is 11.0. The molecule has 48 heavy (non-hydrogen) atoms. The third-order valence-electron chi connectivity index (χ3n) is 9.06. The van der Waals surface area contributed by atoms with Gasteiger partial charge < -0.3 is 9.47 Å². The highest BCUT2D eigenvalue weighted by molar-refractivity contribution is 8.18. The number of carbonyl (C=O) groups is 4. The van der Waals surface area contributed by atoms with Crippen LogP contribution in [-0.4, -0.2) is 35.5 Å². The van der Waals surface area contributed by atoms with Crippen molar-refractivity contribution in [2.75, 3.05) is 13.2 Å². The lowest BCUT2D eigenvalue weighted by Gasteiger charge is -2.26. The molecule has 0 unspecified atom stereocenters. The number of thioether (sulfide) groups is 2. The van der Waals surface area contributed by atoms with Crippen LogP contribution in [-0.2, 0) is 9.59 Å². The van der Waals surface area contributed by atoms with Crippen LogP contribution in [0.15, 0.2) is 46.2 Å². The molecule has 0 atom stereocenters. The molecule has 4 fully saturated rings. The number of halogens is 2. The highest BCUT2D eigenvalue weighted by Crippen LogP contribution is 2.36. The van der Waals surface area contributed by atoms with Crippen molar-refractivity contribution in [2.24, 2.45) is 23.7 Å². The molecule has 8 nitrogen and oxygen atoms in total. The molecule has 0 radical (unpaired) electrons. The van der Waals surface area contributed by atoms with Gasteiger partial charge in [0.25, 0.3) is 22.3 Å². The molecule has 2 heterocycles. The van der Waals surface area contributed by atoms with Gasteiger partial charge in [-0.2, -0.15) is 0 Å². The first kappa shape index (κ1) is 36.4. The minimum atomic E-state index is -0.385. The maximum Gasteiger partial charge on any atom is 0.290 e. The first-order valence-corrected chi connectivity index (χ1v) is 18.8. The van der Waals surface area contributed by atoms with E-state index in [1.165, 1.54) is 51.4 Å². The molecular formula is C36H40Cl2N2O6S2. The quantitative estimate of drug-likeness (QED) is 0.258. The fourth-order valence-corrected chi connectivity index (χ4v) is 7.85. The smallest absolute Gasteiger partial charge is 0.290 e. The number of hydrogen-bond donors (Lipinski definition) is 2. The second-order valence-electron chi connectivity index (χ2n) is 12.9. The van der Waals surface area contributed by atoms with Gasteiger partial charge in [-0.05, 0) is 108 Å². The number of benzene rings is 2. The fraction of sp³-hybridized carbons (Fsp3) is 0.444. The van der Waals surface area contributed by atoms with Crippen LogP contribution in [0.2, 0.25) is 10.0 Å². The second kappa shape index (κ2) is 17.1. The summed E-state index contributed by atoms with van der Waals surface area (Å²) in [5.41, 5.74) is 1.36. The zero-order valence-electron chi connectivity index (χ0n) is 27.0. The van der Waals surface area contributed by atoms with E-state index in [9.17, 15) is 19.2 Å². The third kappa shape index (κ3) is 10.1.